The number of hydrogen-bond acceptors (Lipinski definition) is 7. The maximum absolute atomic E-state index is 14.6. The summed E-state index contributed by atoms with van der Waals surface area (Å²) in [6.07, 6.45) is 0.397. The van der Waals surface area contributed by atoms with Crippen LogP contribution in [0, 0.1) is 22.7 Å². The summed E-state index contributed by atoms with van der Waals surface area (Å²) in [5, 5.41) is 41.1. The smallest absolute Gasteiger partial charge is 0.323 e. The number of benzene rings is 2. The molecule has 0 heterocycles. The Labute approximate surface area is 263 Å². The van der Waals surface area contributed by atoms with Gasteiger partial charge in [-0.15, -0.1) is 0 Å². The first-order chi connectivity index (χ1) is 20.9. The Kier molecular flexibility index (Phi) is 7.64. The Hall–Kier alpha value is -4.24. The van der Waals surface area contributed by atoms with Crippen LogP contribution < -0.4 is 10.6 Å². The molecule has 45 heavy (non-hydrogen) atoms. The van der Waals surface area contributed by atoms with Crippen molar-refractivity contribution in [1.29, 1.82) is 0 Å². The molecule has 3 aliphatic carbocycles. The number of anilines is 2. The van der Waals surface area contributed by atoms with Crippen molar-refractivity contribution < 1.29 is 34.5 Å². The van der Waals surface area contributed by atoms with Crippen LogP contribution >= 0.6 is 0 Å². The molecule has 3 aliphatic rings. The Bertz CT molecular complexity index is 1720. The number of phenolic OH excluding ortho intramolecular Hbond substituents is 1. The highest BCUT2D eigenvalue weighted by Gasteiger charge is 2.72. The number of Topliss-reactive ketones (excluding diaryl/α,β-unsaturated/α-hetero) is 3. The van der Waals surface area contributed by atoms with Gasteiger partial charge in [0.05, 0.1) is 16.8 Å². The van der Waals surface area contributed by atoms with E-state index < -0.39 is 57.2 Å². The topological polar surface area (TPSA) is 153 Å². The number of carbonyl (C=O) groups excluding carboxylic acids is 4. The van der Waals surface area contributed by atoms with Crippen LogP contribution in [-0.4, -0.2) is 44.3 Å². The molecule has 1 saturated carbocycles. The zero-order valence-corrected chi connectivity index (χ0v) is 27.1. The molecule has 2 aromatic rings. The molecule has 1 fully saturated rings. The number of ketones is 3. The Balaban J connectivity index is 1.71. The van der Waals surface area contributed by atoms with Crippen LogP contribution in [0.15, 0.2) is 53.1 Å². The van der Waals surface area contributed by atoms with Gasteiger partial charge in [-0.3, -0.25) is 14.4 Å². The van der Waals surface area contributed by atoms with Gasteiger partial charge in [0.25, 0.3) is 0 Å². The average molecular weight is 615 g/mol. The van der Waals surface area contributed by atoms with E-state index in [-0.39, 0.29) is 47.1 Å². The van der Waals surface area contributed by atoms with Crippen LogP contribution in [0.5, 0.6) is 5.75 Å². The van der Waals surface area contributed by atoms with E-state index in [0.717, 1.165) is 5.56 Å². The number of aliphatic hydroxyl groups is 2. The van der Waals surface area contributed by atoms with Crippen molar-refractivity contribution in [2.75, 3.05) is 10.6 Å². The zero-order valence-electron chi connectivity index (χ0n) is 27.1. The fraction of sp³-hybridized carbons (Fsp3) is 0.444. The monoisotopic (exact) mass is 614 g/mol. The van der Waals surface area contributed by atoms with Crippen LogP contribution in [-0.2, 0) is 20.8 Å². The number of carbonyl (C=O) groups is 4. The standard InChI is InChI=1S/C36H42N2O7/c1-17(2)22-14-24(38-33(44)37-21-12-10-9-11-13-21)29(40)26-23(22)15-34(7)16-35(8)27(18(3)4)19(5)25(20(6)39)31(42)36(35,45)32(43)28(34)30(26)41/h9-14,17-18,27,40-41,45H,15-16H2,1-8H3,(H2,37,38,44)/t27-,34+,35+,36-/m1/s1. The number of aliphatic hydroxyl groups excluding tert-OH is 1. The lowest BCUT2D eigenvalue weighted by atomic mass is 9.42. The number of nitrogens with one attached hydrogen (secondary N) is 2. The van der Waals surface area contributed by atoms with Crippen LogP contribution in [0.2, 0.25) is 0 Å². The number of para-hydroxylation sites is 1. The highest BCUT2D eigenvalue weighted by Crippen LogP contribution is 2.65. The van der Waals surface area contributed by atoms with E-state index in [1.165, 1.54) is 6.92 Å². The van der Waals surface area contributed by atoms with E-state index in [4.69, 9.17) is 0 Å². The number of hydrogen-bond donors (Lipinski definition) is 5. The number of rotatable bonds is 5. The third-order valence-electron chi connectivity index (χ3n) is 10.2. The summed E-state index contributed by atoms with van der Waals surface area (Å²) in [5.74, 6) is -4.12. The van der Waals surface area contributed by atoms with Crippen molar-refractivity contribution in [1.82, 2.24) is 0 Å². The third kappa shape index (κ3) is 4.54. The zero-order chi connectivity index (χ0) is 33.4. The molecule has 9 heteroatoms. The summed E-state index contributed by atoms with van der Waals surface area (Å²) in [4.78, 5) is 54.3. The summed E-state index contributed by atoms with van der Waals surface area (Å²) in [6.45, 7) is 14.3. The van der Waals surface area contributed by atoms with Crippen LogP contribution in [0.25, 0.3) is 5.76 Å². The number of fused-ring (bicyclic) bond motifs is 3. The summed E-state index contributed by atoms with van der Waals surface area (Å²) in [6, 6.07) is 9.82. The Morgan fingerprint density at radius 3 is 2.16 bits per heavy atom. The van der Waals surface area contributed by atoms with Crippen molar-refractivity contribution in [3.8, 4) is 5.75 Å². The molecule has 0 radical (unpaired) electrons. The predicted octanol–water partition coefficient (Wildman–Crippen LogP) is 6.46. The van der Waals surface area contributed by atoms with Gasteiger partial charge < -0.3 is 26.0 Å². The van der Waals surface area contributed by atoms with Crippen molar-refractivity contribution in [2.45, 2.75) is 79.8 Å². The van der Waals surface area contributed by atoms with E-state index in [9.17, 15) is 34.5 Å². The quantitative estimate of drug-likeness (QED) is 0.147. The molecule has 0 unspecified atom stereocenters. The van der Waals surface area contributed by atoms with Crippen molar-refractivity contribution >= 4 is 40.5 Å². The lowest BCUT2D eigenvalue weighted by Gasteiger charge is -2.60. The molecule has 0 aromatic heterocycles. The maximum Gasteiger partial charge on any atom is 0.323 e. The average Bonchev–Trinajstić information content (AvgIpc) is 2.92. The second kappa shape index (κ2) is 10.7. The lowest BCUT2D eigenvalue weighted by Crippen LogP contribution is -2.70. The van der Waals surface area contributed by atoms with E-state index >= 15 is 0 Å². The van der Waals surface area contributed by atoms with E-state index in [1.807, 2.05) is 40.7 Å². The minimum atomic E-state index is -2.61. The molecule has 2 aromatic carbocycles. The second-order valence-corrected chi connectivity index (χ2v) is 14.1. The van der Waals surface area contributed by atoms with E-state index in [1.54, 1.807) is 44.2 Å². The van der Waals surface area contributed by atoms with Gasteiger partial charge in [0, 0.05) is 22.1 Å². The molecule has 2 amide bonds. The first-order valence-corrected chi connectivity index (χ1v) is 15.4. The van der Waals surface area contributed by atoms with Gasteiger partial charge in [0.1, 0.15) is 11.5 Å². The SMILES string of the molecule is CC(=O)C1=C(C)[C@@H](C(C)C)[C@]2(C)C[C@]3(C)Cc4c(C(C)C)cc(NC(=O)Nc5ccccc5)c(O)c4C(O)=C3C(=O)[C@]2(O)C1=O. The predicted molar refractivity (Wildman–Crippen MR) is 172 cm³/mol. The second-order valence-electron chi connectivity index (χ2n) is 14.1. The highest BCUT2D eigenvalue weighted by molar-refractivity contribution is 6.33. The molecule has 5 N–H and O–H groups in total. The number of allylic oxidation sites excluding steroid dienone is 1. The highest BCUT2D eigenvalue weighted by atomic mass is 16.3. The molecular formula is C36H42N2O7. The van der Waals surface area contributed by atoms with Gasteiger partial charge in [-0.2, -0.15) is 0 Å². The number of amides is 2. The fourth-order valence-electron chi connectivity index (χ4n) is 8.76. The maximum atomic E-state index is 14.6. The molecule has 0 saturated heterocycles. The number of urea groups is 1. The van der Waals surface area contributed by atoms with Gasteiger partial charge in [0.2, 0.25) is 11.6 Å². The fourth-order valence-corrected chi connectivity index (χ4v) is 8.76. The molecule has 0 bridgehead atoms. The third-order valence-corrected chi connectivity index (χ3v) is 10.2. The van der Waals surface area contributed by atoms with Crippen LogP contribution in [0.3, 0.4) is 0 Å². The minimum absolute atomic E-state index is 0.0218. The summed E-state index contributed by atoms with van der Waals surface area (Å²) in [7, 11) is 0. The van der Waals surface area contributed by atoms with E-state index in [0.29, 0.717) is 16.8 Å². The first-order valence-electron chi connectivity index (χ1n) is 15.4. The van der Waals surface area contributed by atoms with Crippen molar-refractivity contribution in [2.24, 2.45) is 22.7 Å². The molecule has 5 rings (SSSR count). The molecule has 0 spiro atoms. The van der Waals surface area contributed by atoms with Gasteiger partial charge in [-0.05, 0) is 73.8 Å². The normalized spacial score (nSPS) is 27.8. The Morgan fingerprint density at radius 1 is 0.978 bits per heavy atom. The van der Waals surface area contributed by atoms with E-state index in [2.05, 4.69) is 10.6 Å². The van der Waals surface area contributed by atoms with Gasteiger partial charge in [-0.1, -0.05) is 65.3 Å². The largest absolute Gasteiger partial charge is 0.507 e. The van der Waals surface area contributed by atoms with Crippen LogP contribution in [0.1, 0.15) is 84.4 Å². The van der Waals surface area contributed by atoms with Crippen LogP contribution in [0.4, 0.5) is 16.2 Å². The van der Waals surface area contributed by atoms with Gasteiger partial charge in [-0.25, -0.2) is 4.79 Å². The lowest BCUT2D eigenvalue weighted by molar-refractivity contribution is -0.180. The molecule has 4 atom stereocenters. The van der Waals surface area contributed by atoms with Crippen molar-refractivity contribution in [3.05, 3.63) is 69.8 Å². The van der Waals surface area contributed by atoms with Gasteiger partial charge >= 0.3 is 6.03 Å². The molecule has 238 valence electrons. The first kappa shape index (κ1) is 32.2. The molecular weight excluding hydrogens is 572 g/mol. The van der Waals surface area contributed by atoms with Gasteiger partial charge in [0.15, 0.2) is 11.4 Å². The number of aromatic hydroxyl groups is 1. The van der Waals surface area contributed by atoms with Crippen molar-refractivity contribution in [3.63, 3.8) is 0 Å². The number of phenols is 1. The summed E-state index contributed by atoms with van der Waals surface area (Å²) >= 11 is 0. The molecule has 9 nitrogen and oxygen atoms in total. The summed E-state index contributed by atoms with van der Waals surface area (Å²) < 4.78 is 0. The molecule has 0 aliphatic heterocycles. The Morgan fingerprint density at radius 2 is 1.60 bits per heavy atom. The minimum Gasteiger partial charge on any atom is -0.507 e. The summed E-state index contributed by atoms with van der Waals surface area (Å²) in [5.41, 5.74) is -2.77.